The van der Waals surface area contributed by atoms with Crippen LogP contribution in [0.2, 0.25) is 5.02 Å². The molecule has 19 heavy (non-hydrogen) atoms. The Morgan fingerprint density at radius 1 is 1.32 bits per heavy atom. The average molecular weight is 286 g/mol. The number of rotatable bonds is 5. The molecule has 0 saturated heterocycles. The molecule has 0 N–H and O–H groups in total. The lowest BCUT2D eigenvalue weighted by atomic mass is 9.58. The van der Waals surface area contributed by atoms with Crippen LogP contribution in [0.5, 0.6) is 0 Å². The molecule has 1 saturated carbocycles. The van der Waals surface area contributed by atoms with E-state index in [9.17, 15) is 0 Å². The number of benzene rings is 1. The summed E-state index contributed by atoms with van der Waals surface area (Å²) in [6.07, 6.45) is 2.92. The van der Waals surface area contributed by atoms with Gasteiger partial charge in [0.05, 0.1) is 0 Å². The number of hydrogen-bond donors (Lipinski definition) is 0. The minimum atomic E-state index is -2.70. The first-order chi connectivity index (χ1) is 11.4. The predicted octanol–water partition coefficient (Wildman–Crippen LogP) is 4.74. The Balaban J connectivity index is 2.61. The summed E-state index contributed by atoms with van der Waals surface area (Å²) < 4.78 is 47.3. The van der Waals surface area contributed by atoms with E-state index in [1.165, 1.54) is 0 Å². The number of hydrogen-bond acceptors (Lipinski definition) is 1. The molecular weight excluding hydrogens is 254 g/mol. The third-order valence-corrected chi connectivity index (χ3v) is 4.63. The van der Waals surface area contributed by atoms with E-state index in [-0.39, 0.29) is 5.92 Å². The second-order valence-corrected chi connectivity index (χ2v) is 6.41. The lowest BCUT2D eigenvalue weighted by molar-refractivity contribution is 0.0809. The van der Waals surface area contributed by atoms with Crippen molar-refractivity contribution in [2.45, 2.75) is 51.0 Å². The molecule has 2 rings (SSSR count). The maximum Gasteiger partial charge on any atom is 0.0444 e. The smallest absolute Gasteiger partial charge is 0.0444 e. The third kappa shape index (κ3) is 2.83. The van der Waals surface area contributed by atoms with Gasteiger partial charge in [-0.15, -0.1) is 0 Å². The molecule has 0 aliphatic heterocycles. The molecule has 1 aromatic carbocycles. The third-order valence-electron chi connectivity index (χ3n) is 4.30. The fraction of sp³-hybridized carbons (Fsp3) is 0.647. The van der Waals surface area contributed by atoms with Crippen LogP contribution in [0.15, 0.2) is 24.3 Å². The van der Waals surface area contributed by atoms with Gasteiger partial charge in [-0.05, 0) is 50.8 Å². The molecule has 0 bridgehead atoms. The summed E-state index contributed by atoms with van der Waals surface area (Å²) >= 11 is 6.44. The molecule has 0 aromatic heterocycles. The Labute approximate surface area is 131 Å². The Morgan fingerprint density at radius 2 is 2.00 bits per heavy atom. The Kier molecular flexibility index (Phi) is 2.67. The number of halogens is 1. The Bertz CT molecular complexity index is 578. The van der Waals surface area contributed by atoms with Gasteiger partial charge in [0.2, 0.25) is 0 Å². The molecule has 1 fully saturated rings. The summed E-state index contributed by atoms with van der Waals surface area (Å²) in [5, 5.41) is 0.576. The number of nitrogens with zero attached hydrogens (tertiary/aromatic N) is 1. The summed E-state index contributed by atoms with van der Waals surface area (Å²) in [7, 11) is 0. The molecule has 106 valence electrons. The van der Waals surface area contributed by atoms with Crippen LogP contribution < -0.4 is 0 Å². The van der Waals surface area contributed by atoms with Crippen molar-refractivity contribution < 1.29 is 8.22 Å². The summed E-state index contributed by atoms with van der Waals surface area (Å²) in [6, 6.07) is 6.79. The molecular formula is C17H26ClN. The van der Waals surface area contributed by atoms with Gasteiger partial charge in [0, 0.05) is 24.7 Å². The summed E-state index contributed by atoms with van der Waals surface area (Å²) in [5.41, 5.74) is 0.331. The highest BCUT2D eigenvalue weighted by atomic mass is 35.5. The summed E-state index contributed by atoms with van der Waals surface area (Å²) in [5.74, 6) is 0.164. The van der Waals surface area contributed by atoms with E-state index < -0.39 is 25.4 Å². The highest BCUT2D eigenvalue weighted by molar-refractivity contribution is 6.31. The van der Waals surface area contributed by atoms with E-state index in [0.717, 1.165) is 29.7 Å². The van der Waals surface area contributed by atoms with Crippen molar-refractivity contribution in [2.75, 3.05) is 14.0 Å². The van der Waals surface area contributed by atoms with Crippen LogP contribution in [0.25, 0.3) is 0 Å². The molecule has 2 heteroatoms. The average Bonchev–Trinajstić information content (AvgIpc) is 2.35. The van der Waals surface area contributed by atoms with Crippen molar-refractivity contribution in [3.8, 4) is 0 Å². The molecule has 1 unspecified atom stereocenters. The highest BCUT2D eigenvalue weighted by Gasteiger charge is 2.47. The lowest BCUT2D eigenvalue weighted by Gasteiger charge is -2.51. The second kappa shape index (κ2) is 5.85. The zero-order chi connectivity index (χ0) is 19.0. The zero-order valence-corrected chi connectivity index (χ0v) is 12.4. The monoisotopic (exact) mass is 285 g/mol. The largest absolute Gasteiger partial charge is 0.306 e. The van der Waals surface area contributed by atoms with Crippen LogP contribution in [0.3, 0.4) is 0 Å². The SMILES string of the molecule is [2H]C([2H])([2H])N(C(CC(C)C)C1(c2ccccc2Cl)CCC1)C([2H])([2H])[2H]. The van der Waals surface area contributed by atoms with Gasteiger partial charge >= 0.3 is 0 Å². The molecule has 0 radical (unpaired) electrons. The van der Waals surface area contributed by atoms with Crippen molar-refractivity contribution >= 4 is 11.6 Å². The van der Waals surface area contributed by atoms with Crippen LogP contribution in [-0.2, 0) is 5.41 Å². The molecule has 0 heterocycles. The van der Waals surface area contributed by atoms with Crippen LogP contribution in [0, 0.1) is 5.92 Å². The standard InChI is InChI=1S/C17H26ClN/c1-13(2)12-16(19(3)4)17(10-7-11-17)14-8-5-6-9-15(14)18/h5-6,8-9,13,16H,7,10-12H2,1-4H3/i3D3,4D3. The fourth-order valence-corrected chi connectivity index (χ4v) is 3.55. The first-order valence-electron chi connectivity index (χ1n) is 9.94. The van der Waals surface area contributed by atoms with E-state index in [0.29, 0.717) is 11.4 Å². The van der Waals surface area contributed by atoms with Gasteiger partial charge in [-0.1, -0.05) is 50.1 Å². The Morgan fingerprint density at radius 3 is 2.47 bits per heavy atom. The van der Waals surface area contributed by atoms with Gasteiger partial charge in [0.25, 0.3) is 0 Å². The van der Waals surface area contributed by atoms with E-state index in [1.807, 2.05) is 32.0 Å². The molecule has 1 aliphatic carbocycles. The maximum atomic E-state index is 7.88. The van der Waals surface area contributed by atoms with Crippen molar-refractivity contribution in [3.05, 3.63) is 34.9 Å². The number of likely N-dealkylation sites (N-methyl/N-ethyl adjacent to an activating group) is 1. The van der Waals surface area contributed by atoms with Gasteiger partial charge < -0.3 is 4.90 Å². The highest BCUT2D eigenvalue weighted by Crippen LogP contribution is 2.51. The van der Waals surface area contributed by atoms with E-state index in [4.69, 9.17) is 19.8 Å². The van der Waals surface area contributed by atoms with E-state index in [2.05, 4.69) is 0 Å². The van der Waals surface area contributed by atoms with Crippen LogP contribution in [0.4, 0.5) is 0 Å². The quantitative estimate of drug-likeness (QED) is 0.755. The molecule has 1 aliphatic rings. The van der Waals surface area contributed by atoms with Crippen molar-refractivity contribution in [2.24, 2.45) is 5.92 Å². The normalized spacial score (nSPS) is 25.5. The minimum absolute atomic E-state index is 0.164. The van der Waals surface area contributed by atoms with E-state index in [1.54, 1.807) is 6.07 Å². The minimum Gasteiger partial charge on any atom is -0.306 e. The predicted molar refractivity (Wildman–Crippen MR) is 83.9 cm³/mol. The van der Waals surface area contributed by atoms with Crippen molar-refractivity contribution in [3.63, 3.8) is 0 Å². The van der Waals surface area contributed by atoms with E-state index >= 15 is 0 Å². The van der Waals surface area contributed by atoms with Crippen molar-refractivity contribution in [1.29, 1.82) is 0 Å². The molecule has 1 nitrogen and oxygen atoms in total. The molecule has 0 spiro atoms. The topological polar surface area (TPSA) is 3.24 Å². The van der Waals surface area contributed by atoms with Gasteiger partial charge in [-0.3, -0.25) is 0 Å². The van der Waals surface area contributed by atoms with Crippen LogP contribution in [0.1, 0.15) is 53.3 Å². The van der Waals surface area contributed by atoms with Crippen LogP contribution in [-0.4, -0.2) is 24.9 Å². The fourth-order valence-electron chi connectivity index (χ4n) is 3.23. The summed E-state index contributed by atoms with van der Waals surface area (Å²) in [6.45, 7) is -1.42. The molecule has 0 amide bonds. The van der Waals surface area contributed by atoms with Gasteiger partial charge in [-0.25, -0.2) is 0 Å². The van der Waals surface area contributed by atoms with Crippen LogP contribution >= 0.6 is 11.6 Å². The lowest BCUT2D eigenvalue weighted by Crippen LogP contribution is -2.52. The van der Waals surface area contributed by atoms with Gasteiger partial charge in [0.15, 0.2) is 0 Å². The zero-order valence-electron chi connectivity index (χ0n) is 17.6. The summed E-state index contributed by atoms with van der Waals surface area (Å²) in [4.78, 5) is 0.780. The molecule has 1 atom stereocenters. The van der Waals surface area contributed by atoms with Gasteiger partial charge in [-0.2, -0.15) is 0 Å². The van der Waals surface area contributed by atoms with Crippen molar-refractivity contribution in [1.82, 2.24) is 4.90 Å². The molecule has 1 aromatic rings. The van der Waals surface area contributed by atoms with Gasteiger partial charge in [0.1, 0.15) is 0 Å². The Hall–Kier alpha value is -0.530. The first kappa shape index (κ1) is 8.69. The maximum absolute atomic E-state index is 7.88. The first-order valence-corrected chi connectivity index (χ1v) is 7.32. The second-order valence-electron chi connectivity index (χ2n) is 6.00.